The molecule has 0 aromatic heterocycles. The summed E-state index contributed by atoms with van der Waals surface area (Å²) in [6, 6.07) is 0.549. The highest BCUT2D eigenvalue weighted by Gasteiger charge is 2.01. The summed E-state index contributed by atoms with van der Waals surface area (Å²) in [5, 5.41) is 0. The van der Waals surface area contributed by atoms with Gasteiger partial charge in [0.25, 0.3) is 0 Å². The van der Waals surface area contributed by atoms with Crippen molar-refractivity contribution < 1.29 is 28.4 Å². The van der Waals surface area contributed by atoms with Gasteiger partial charge >= 0.3 is 0 Å². The van der Waals surface area contributed by atoms with Crippen molar-refractivity contribution in [1.29, 1.82) is 0 Å². The molecule has 0 spiro atoms. The molecule has 7 heteroatoms. The highest BCUT2D eigenvalue weighted by Crippen LogP contribution is 1.98. The topological polar surface area (TPSA) is 58.6 Å². The predicted molar refractivity (Wildman–Crippen MR) is 112 cm³/mol. The van der Waals surface area contributed by atoms with E-state index in [0.717, 1.165) is 26.2 Å². The molecule has 0 amide bonds. The van der Waals surface area contributed by atoms with Crippen LogP contribution in [0.5, 0.6) is 0 Å². The van der Waals surface area contributed by atoms with Crippen molar-refractivity contribution in [3.63, 3.8) is 0 Å². The Labute approximate surface area is 172 Å². The van der Waals surface area contributed by atoms with Crippen molar-refractivity contribution in [2.75, 3.05) is 92.9 Å². The molecule has 0 heterocycles. The first-order chi connectivity index (χ1) is 13.5. The van der Waals surface area contributed by atoms with Crippen LogP contribution >= 0.6 is 0 Å². The Morgan fingerprint density at radius 1 is 0.500 bits per heavy atom. The number of hydrogen-bond acceptors (Lipinski definition) is 7. The monoisotopic (exact) mass is 407 g/mol. The first-order valence-corrected chi connectivity index (χ1v) is 10.7. The molecule has 0 aliphatic rings. The van der Waals surface area contributed by atoms with Crippen LogP contribution < -0.4 is 0 Å². The lowest BCUT2D eigenvalue weighted by molar-refractivity contribution is -0.0178. The van der Waals surface area contributed by atoms with Crippen LogP contribution in [0.4, 0.5) is 0 Å². The Balaban J connectivity index is 3.05. The van der Waals surface area contributed by atoms with E-state index in [9.17, 15) is 0 Å². The van der Waals surface area contributed by atoms with Crippen molar-refractivity contribution in [1.82, 2.24) is 4.90 Å². The standard InChI is InChI=1S/C21H45NO6/c1-20(2)6-8-23-10-12-25-14-16-27-18-19-28-17-15-26-13-11-24-9-7-22(5)21(3)4/h20-21H,6-19H2,1-5H3. The number of likely N-dealkylation sites (N-methyl/N-ethyl adjacent to an activating group) is 1. The molecule has 0 aromatic rings. The molecular formula is C21H45NO6. The van der Waals surface area contributed by atoms with E-state index in [1.165, 1.54) is 0 Å². The van der Waals surface area contributed by atoms with Crippen LogP contribution in [-0.2, 0) is 28.4 Å². The quantitative estimate of drug-likeness (QED) is 0.256. The van der Waals surface area contributed by atoms with Crippen molar-refractivity contribution in [3.8, 4) is 0 Å². The molecule has 0 saturated heterocycles. The molecule has 0 radical (unpaired) electrons. The van der Waals surface area contributed by atoms with Crippen LogP contribution in [0.15, 0.2) is 0 Å². The second kappa shape index (κ2) is 21.4. The van der Waals surface area contributed by atoms with Gasteiger partial charge in [-0.25, -0.2) is 0 Å². The lowest BCUT2D eigenvalue weighted by Crippen LogP contribution is -2.30. The summed E-state index contributed by atoms with van der Waals surface area (Å²) in [4.78, 5) is 2.26. The van der Waals surface area contributed by atoms with E-state index in [2.05, 4.69) is 39.6 Å². The van der Waals surface area contributed by atoms with Crippen molar-refractivity contribution in [2.45, 2.75) is 40.2 Å². The molecule has 0 N–H and O–H groups in total. The van der Waals surface area contributed by atoms with Gasteiger partial charge in [-0.05, 0) is 33.2 Å². The van der Waals surface area contributed by atoms with Gasteiger partial charge in [0, 0.05) is 19.2 Å². The average molecular weight is 408 g/mol. The average Bonchev–Trinajstić information content (AvgIpc) is 2.65. The molecule has 7 nitrogen and oxygen atoms in total. The van der Waals surface area contributed by atoms with Crippen LogP contribution in [0, 0.1) is 5.92 Å². The Kier molecular flexibility index (Phi) is 21.2. The molecule has 170 valence electrons. The third-order valence-electron chi connectivity index (χ3n) is 4.17. The third kappa shape index (κ3) is 22.0. The van der Waals surface area contributed by atoms with Crippen molar-refractivity contribution >= 4 is 0 Å². The van der Waals surface area contributed by atoms with E-state index in [-0.39, 0.29) is 0 Å². The molecule has 0 bridgehead atoms. The van der Waals surface area contributed by atoms with Gasteiger partial charge in [-0.1, -0.05) is 13.8 Å². The van der Waals surface area contributed by atoms with E-state index >= 15 is 0 Å². The van der Waals surface area contributed by atoms with E-state index in [0.29, 0.717) is 78.0 Å². The minimum atomic E-state index is 0.549. The van der Waals surface area contributed by atoms with Crippen LogP contribution in [0.3, 0.4) is 0 Å². The number of rotatable bonds is 22. The molecule has 0 aliphatic heterocycles. The summed E-state index contributed by atoms with van der Waals surface area (Å²) in [6.07, 6.45) is 1.10. The van der Waals surface area contributed by atoms with E-state index < -0.39 is 0 Å². The first-order valence-electron chi connectivity index (χ1n) is 10.7. The molecular weight excluding hydrogens is 362 g/mol. The lowest BCUT2D eigenvalue weighted by atomic mass is 10.1. The molecule has 0 atom stereocenters. The summed E-state index contributed by atoms with van der Waals surface area (Å²) in [7, 11) is 2.10. The third-order valence-corrected chi connectivity index (χ3v) is 4.17. The summed E-state index contributed by atoms with van der Waals surface area (Å²) in [6.45, 7) is 17.2. The molecule has 0 unspecified atom stereocenters. The Morgan fingerprint density at radius 3 is 1.14 bits per heavy atom. The fraction of sp³-hybridized carbons (Fsp3) is 1.00. The second-order valence-corrected chi connectivity index (χ2v) is 7.43. The number of nitrogens with zero attached hydrogens (tertiary/aromatic N) is 1. The summed E-state index contributed by atoms with van der Waals surface area (Å²) in [5.74, 6) is 0.684. The molecule has 0 rings (SSSR count). The minimum Gasteiger partial charge on any atom is -0.379 e. The fourth-order valence-electron chi connectivity index (χ4n) is 1.99. The Hall–Kier alpha value is -0.280. The maximum Gasteiger partial charge on any atom is 0.0701 e. The van der Waals surface area contributed by atoms with Gasteiger partial charge in [-0.3, -0.25) is 0 Å². The Morgan fingerprint density at radius 2 is 0.821 bits per heavy atom. The summed E-state index contributed by atoms with van der Waals surface area (Å²) >= 11 is 0. The largest absolute Gasteiger partial charge is 0.379 e. The van der Waals surface area contributed by atoms with Gasteiger partial charge in [0.05, 0.1) is 72.7 Å². The van der Waals surface area contributed by atoms with E-state index in [1.54, 1.807) is 0 Å². The summed E-state index contributed by atoms with van der Waals surface area (Å²) < 4.78 is 32.8. The molecule has 0 fully saturated rings. The van der Waals surface area contributed by atoms with Gasteiger partial charge in [0.15, 0.2) is 0 Å². The van der Waals surface area contributed by atoms with Crippen LogP contribution in [0.25, 0.3) is 0 Å². The number of hydrogen-bond donors (Lipinski definition) is 0. The molecule has 0 aromatic carbocycles. The van der Waals surface area contributed by atoms with Crippen LogP contribution in [0.2, 0.25) is 0 Å². The first kappa shape index (κ1) is 27.7. The van der Waals surface area contributed by atoms with Gasteiger partial charge < -0.3 is 33.3 Å². The van der Waals surface area contributed by atoms with Gasteiger partial charge in [-0.2, -0.15) is 0 Å². The fourth-order valence-corrected chi connectivity index (χ4v) is 1.99. The zero-order valence-electron chi connectivity index (χ0n) is 19.0. The van der Waals surface area contributed by atoms with E-state index in [4.69, 9.17) is 28.4 Å². The van der Waals surface area contributed by atoms with Gasteiger partial charge in [0.2, 0.25) is 0 Å². The number of ether oxygens (including phenoxy) is 6. The normalized spacial score (nSPS) is 12.0. The zero-order valence-corrected chi connectivity index (χ0v) is 19.0. The van der Waals surface area contributed by atoms with Crippen molar-refractivity contribution in [3.05, 3.63) is 0 Å². The molecule has 0 aliphatic carbocycles. The Bertz CT molecular complexity index is 305. The SMILES string of the molecule is CC(C)CCOCCOCCOCCOCCOCCOCCN(C)C(C)C. The lowest BCUT2D eigenvalue weighted by Gasteiger charge is -2.20. The molecule has 28 heavy (non-hydrogen) atoms. The van der Waals surface area contributed by atoms with Gasteiger partial charge in [-0.15, -0.1) is 0 Å². The maximum atomic E-state index is 5.54. The molecule has 0 saturated carbocycles. The summed E-state index contributed by atoms with van der Waals surface area (Å²) in [5.41, 5.74) is 0. The van der Waals surface area contributed by atoms with Crippen molar-refractivity contribution in [2.24, 2.45) is 5.92 Å². The minimum absolute atomic E-state index is 0.549. The smallest absolute Gasteiger partial charge is 0.0701 e. The zero-order chi connectivity index (χ0) is 20.9. The van der Waals surface area contributed by atoms with E-state index in [1.807, 2.05) is 0 Å². The van der Waals surface area contributed by atoms with Gasteiger partial charge in [0.1, 0.15) is 0 Å². The highest BCUT2D eigenvalue weighted by atomic mass is 16.6. The maximum absolute atomic E-state index is 5.54. The second-order valence-electron chi connectivity index (χ2n) is 7.43. The van der Waals surface area contributed by atoms with Crippen LogP contribution in [-0.4, -0.2) is 104 Å². The highest BCUT2D eigenvalue weighted by molar-refractivity contribution is 4.55. The predicted octanol–water partition coefficient (Wildman–Crippen LogP) is 2.47. The van der Waals surface area contributed by atoms with Crippen LogP contribution in [0.1, 0.15) is 34.1 Å².